The molecular formula is C29H24BrClF3N9O2. The number of nitrogens with one attached hydrogen (secondary N) is 1. The van der Waals surface area contributed by atoms with E-state index in [1.807, 2.05) is 13.0 Å². The highest BCUT2D eigenvalue weighted by molar-refractivity contribution is 9.10. The molecule has 0 saturated carbocycles. The molecule has 5 aromatic rings. The zero-order chi connectivity index (χ0) is 32.0. The number of hydrogen-bond acceptors (Lipinski definition) is 7. The Morgan fingerprint density at radius 3 is 2.67 bits per heavy atom. The lowest BCUT2D eigenvalue weighted by Gasteiger charge is -2.23. The molecule has 2 bridgehead atoms. The number of pyridine rings is 1. The van der Waals surface area contributed by atoms with Gasteiger partial charge in [-0.3, -0.25) is 23.8 Å². The first-order chi connectivity index (χ1) is 21.4. The highest BCUT2D eigenvalue weighted by Gasteiger charge is 2.35. The number of carbonyl (C=O) groups is 1. The maximum absolute atomic E-state index is 14.0. The SMILES string of the molecule is C[C@@H]1CCC[C@H](n2cnc(-c3cc(Cl)ccc3-n3cc(C(F)(F)F)nn3)c(Br)c2=O)c2cc(ccn2)-c2c(cnn2C)NC1=O. The maximum atomic E-state index is 14.0. The number of carbonyl (C=O) groups excluding carboxylic acids is 1. The summed E-state index contributed by atoms with van der Waals surface area (Å²) in [4.78, 5) is 36.1. The zero-order valence-corrected chi connectivity index (χ0v) is 26.1. The van der Waals surface area contributed by atoms with Crippen LogP contribution < -0.4 is 10.9 Å². The van der Waals surface area contributed by atoms with Gasteiger partial charge in [0.1, 0.15) is 4.47 Å². The monoisotopic (exact) mass is 701 g/mol. The molecule has 0 saturated heterocycles. The van der Waals surface area contributed by atoms with Crippen LogP contribution >= 0.6 is 27.5 Å². The fourth-order valence-corrected chi connectivity index (χ4v) is 6.04. The van der Waals surface area contributed by atoms with E-state index in [2.05, 4.69) is 46.6 Å². The number of amides is 1. The van der Waals surface area contributed by atoms with Crippen LogP contribution in [-0.4, -0.2) is 45.2 Å². The molecular weight excluding hydrogens is 679 g/mol. The Kier molecular flexibility index (Phi) is 8.07. The first kappa shape index (κ1) is 30.6. The summed E-state index contributed by atoms with van der Waals surface area (Å²) in [6.07, 6.45) is 2.31. The normalized spacial score (nSPS) is 17.3. The van der Waals surface area contributed by atoms with Crippen LogP contribution in [0.2, 0.25) is 5.02 Å². The quantitative estimate of drug-likeness (QED) is 0.242. The second-order valence-corrected chi connectivity index (χ2v) is 11.9. The number of alkyl halides is 3. The van der Waals surface area contributed by atoms with Crippen LogP contribution in [0.15, 0.2) is 64.5 Å². The van der Waals surface area contributed by atoms with Gasteiger partial charge >= 0.3 is 6.18 Å². The average molecular weight is 703 g/mol. The number of aryl methyl sites for hydroxylation is 1. The summed E-state index contributed by atoms with van der Waals surface area (Å²) in [6, 6.07) is 7.56. The molecule has 0 fully saturated rings. The molecule has 0 aliphatic carbocycles. The largest absolute Gasteiger partial charge is 0.436 e. The van der Waals surface area contributed by atoms with Gasteiger partial charge in [0.2, 0.25) is 5.91 Å². The van der Waals surface area contributed by atoms with Crippen molar-refractivity contribution < 1.29 is 18.0 Å². The molecule has 1 aliphatic rings. The van der Waals surface area contributed by atoms with E-state index in [0.29, 0.717) is 36.3 Å². The zero-order valence-electron chi connectivity index (χ0n) is 23.8. The number of benzene rings is 1. The van der Waals surface area contributed by atoms with E-state index in [-0.39, 0.29) is 38.3 Å². The topological polar surface area (TPSA) is 125 Å². The lowest BCUT2D eigenvalue weighted by atomic mass is 9.97. The van der Waals surface area contributed by atoms with Crippen molar-refractivity contribution >= 4 is 39.1 Å². The van der Waals surface area contributed by atoms with Gasteiger partial charge in [-0.25, -0.2) is 9.67 Å². The third-order valence-electron chi connectivity index (χ3n) is 7.68. The molecule has 11 nitrogen and oxygen atoms in total. The van der Waals surface area contributed by atoms with Gasteiger partial charge in [-0.2, -0.15) is 18.3 Å². The van der Waals surface area contributed by atoms with E-state index >= 15 is 0 Å². The van der Waals surface area contributed by atoms with Crippen molar-refractivity contribution in [2.45, 2.75) is 38.4 Å². The Morgan fingerprint density at radius 1 is 1.11 bits per heavy atom. The molecule has 6 rings (SSSR count). The number of rotatable bonds is 3. The van der Waals surface area contributed by atoms with E-state index < -0.39 is 23.5 Å². The summed E-state index contributed by atoms with van der Waals surface area (Å²) in [5, 5.41) is 14.5. The molecule has 1 N–H and O–H groups in total. The molecule has 5 heterocycles. The van der Waals surface area contributed by atoms with Crippen LogP contribution in [0.5, 0.6) is 0 Å². The summed E-state index contributed by atoms with van der Waals surface area (Å²) in [6.45, 7) is 1.85. The van der Waals surface area contributed by atoms with Crippen molar-refractivity contribution in [1.29, 1.82) is 0 Å². The van der Waals surface area contributed by atoms with Crippen LogP contribution in [-0.2, 0) is 18.0 Å². The lowest BCUT2D eigenvalue weighted by Crippen LogP contribution is -2.28. The van der Waals surface area contributed by atoms with E-state index in [0.717, 1.165) is 16.4 Å². The number of aromatic nitrogens is 8. The van der Waals surface area contributed by atoms with Crippen molar-refractivity contribution in [3.63, 3.8) is 0 Å². The Bertz CT molecular complexity index is 1990. The van der Waals surface area contributed by atoms with Crippen LogP contribution in [0.3, 0.4) is 0 Å². The Balaban J connectivity index is 1.46. The summed E-state index contributed by atoms with van der Waals surface area (Å²) < 4.78 is 43.9. The minimum atomic E-state index is -4.69. The van der Waals surface area contributed by atoms with E-state index in [1.165, 1.54) is 29.1 Å². The number of fused-ring (bicyclic) bond motifs is 4. The van der Waals surface area contributed by atoms with Gasteiger partial charge in [-0.15, -0.1) is 5.10 Å². The Hall–Kier alpha value is -4.37. The molecule has 2 atom stereocenters. The highest BCUT2D eigenvalue weighted by atomic mass is 79.9. The van der Waals surface area contributed by atoms with Gasteiger partial charge in [0.25, 0.3) is 5.56 Å². The number of anilines is 1. The second-order valence-electron chi connectivity index (χ2n) is 10.7. The van der Waals surface area contributed by atoms with Crippen LogP contribution in [0.1, 0.15) is 43.6 Å². The maximum Gasteiger partial charge on any atom is 0.436 e. The molecule has 45 heavy (non-hydrogen) atoms. The summed E-state index contributed by atoms with van der Waals surface area (Å²) in [5.74, 6) is -0.432. The van der Waals surface area contributed by atoms with Crippen molar-refractivity contribution in [3.05, 3.63) is 86.5 Å². The molecule has 232 valence electrons. The summed E-state index contributed by atoms with van der Waals surface area (Å²) in [7, 11) is 1.77. The minimum Gasteiger partial charge on any atom is -0.323 e. The Morgan fingerprint density at radius 2 is 1.91 bits per heavy atom. The van der Waals surface area contributed by atoms with Crippen molar-refractivity contribution in [2.24, 2.45) is 13.0 Å². The first-order valence-corrected chi connectivity index (χ1v) is 14.9. The predicted octanol–water partition coefficient (Wildman–Crippen LogP) is 6.07. The fourth-order valence-electron chi connectivity index (χ4n) is 5.35. The Labute approximate surface area is 267 Å². The van der Waals surface area contributed by atoms with Gasteiger partial charge < -0.3 is 5.32 Å². The molecule has 1 amide bonds. The number of hydrogen-bond donors (Lipinski definition) is 1. The molecule has 1 aromatic carbocycles. The number of halogens is 5. The third-order valence-corrected chi connectivity index (χ3v) is 8.63. The van der Waals surface area contributed by atoms with Gasteiger partial charge in [-0.05, 0) is 59.1 Å². The van der Waals surface area contributed by atoms with Crippen molar-refractivity contribution in [3.8, 4) is 28.2 Å². The van der Waals surface area contributed by atoms with Crippen molar-refractivity contribution in [1.82, 2.24) is 39.3 Å². The van der Waals surface area contributed by atoms with E-state index in [9.17, 15) is 22.8 Å². The lowest BCUT2D eigenvalue weighted by molar-refractivity contribution is -0.141. The molecule has 0 unspecified atom stereocenters. The van der Waals surface area contributed by atoms with Crippen LogP contribution in [0, 0.1) is 5.92 Å². The van der Waals surface area contributed by atoms with Gasteiger partial charge in [-0.1, -0.05) is 30.2 Å². The van der Waals surface area contributed by atoms with E-state index in [4.69, 9.17) is 11.6 Å². The van der Waals surface area contributed by atoms with Gasteiger partial charge in [0, 0.05) is 35.3 Å². The van der Waals surface area contributed by atoms with Crippen molar-refractivity contribution in [2.75, 3.05) is 5.32 Å². The van der Waals surface area contributed by atoms with Crippen LogP contribution in [0.25, 0.3) is 28.2 Å². The minimum absolute atomic E-state index is 0.0635. The summed E-state index contributed by atoms with van der Waals surface area (Å²) >= 11 is 9.67. The van der Waals surface area contributed by atoms with Crippen LogP contribution in [0.4, 0.5) is 18.9 Å². The first-order valence-electron chi connectivity index (χ1n) is 13.8. The number of nitrogens with zero attached hydrogens (tertiary/aromatic N) is 8. The van der Waals surface area contributed by atoms with E-state index in [1.54, 1.807) is 30.2 Å². The van der Waals surface area contributed by atoms with Gasteiger partial charge in [0.15, 0.2) is 5.69 Å². The average Bonchev–Trinajstić information content (AvgIpc) is 3.64. The molecule has 16 heteroatoms. The standard InChI is InChI=1S/C29H24BrClF3N9O2/c1-15-4-3-5-22(19-10-16(8-9-35-19)26-20(38-27(15)44)12-37-41(26)2)42-14-36-25(24(30)28(42)45)18-11-17(31)6-7-21(18)43-13-23(39-40-43)29(32,33)34/h6-15,22H,3-5H2,1-2H3,(H,38,44)/t15-,22+/m1/s1. The van der Waals surface area contributed by atoms with Gasteiger partial charge in [0.05, 0.1) is 53.2 Å². The smallest absolute Gasteiger partial charge is 0.323 e. The molecule has 0 spiro atoms. The predicted molar refractivity (Wildman–Crippen MR) is 163 cm³/mol. The fraction of sp³-hybridized carbons (Fsp3) is 0.276. The second kappa shape index (κ2) is 11.9. The highest BCUT2D eigenvalue weighted by Crippen LogP contribution is 2.35. The third kappa shape index (κ3) is 5.89. The molecule has 0 radical (unpaired) electrons. The molecule has 4 aromatic heterocycles. The molecule has 1 aliphatic heterocycles. The summed E-state index contributed by atoms with van der Waals surface area (Å²) in [5.41, 5.74) is 1.60.